The summed E-state index contributed by atoms with van der Waals surface area (Å²) < 4.78 is 0. The van der Waals surface area contributed by atoms with Crippen LogP contribution in [0.5, 0.6) is 0 Å². The molecule has 0 aromatic heterocycles. The first-order chi connectivity index (χ1) is 7.56. The van der Waals surface area contributed by atoms with Gasteiger partial charge in [0.25, 0.3) is 0 Å². The van der Waals surface area contributed by atoms with Crippen LogP contribution in [-0.4, -0.2) is 24.7 Å². The Morgan fingerprint density at radius 3 is 2.38 bits per heavy atom. The fourth-order valence-corrected chi connectivity index (χ4v) is 1.45. The minimum absolute atomic E-state index is 0.180. The molecule has 0 aliphatic carbocycles. The fraction of sp³-hybridized carbons (Fsp3) is 0.692. The second kappa shape index (κ2) is 8.22. The number of hydrogen-bond donors (Lipinski definition) is 1. The van der Waals surface area contributed by atoms with Crippen molar-refractivity contribution in [2.45, 2.75) is 51.5 Å². The lowest BCUT2D eigenvalue weighted by atomic mass is 9.91. The smallest absolute Gasteiger partial charge is 0.149 e. The Kier molecular flexibility index (Phi) is 7.73. The summed E-state index contributed by atoms with van der Waals surface area (Å²) >= 11 is 0. The monoisotopic (exact) mass is 225 g/mol. The number of Topliss-reactive ketones (excluding diaryl/α,β-unsaturated/α-hetero) is 1. The van der Waals surface area contributed by atoms with Crippen LogP contribution < -0.4 is 5.32 Å². The average molecular weight is 225 g/mol. The number of hydrogen-bond acceptors (Lipinski definition) is 3. The Hall–Kier alpha value is -0.960. The average Bonchev–Trinajstić information content (AvgIpc) is 2.27. The Labute approximate surface area is 98.3 Å². The van der Waals surface area contributed by atoms with E-state index in [-0.39, 0.29) is 5.78 Å². The molecule has 0 saturated heterocycles. The number of unbranched alkanes of at least 4 members (excludes halogenated alkanes) is 2. The van der Waals surface area contributed by atoms with E-state index in [1.165, 1.54) is 0 Å². The fourth-order valence-electron chi connectivity index (χ4n) is 1.45. The van der Waals surface area contributed by atoms with E-state index in [0.717, 1.165) is 32.0 Å². The minimum atomic E-state index is -0.392. The highest BCUT2D eigenvalue weighted by molar-refractivity contribution is 5.85. The summed E-state index contributed by atoms with van der Waals surface area (Å²) in [5.41, 5.74) is -0.392. The summed E-state index contributed by atoms with van der Waals surface area (Å²) in [6, 6.07) is 0. The van der Waals surface area contributed by atoms with Gasteiger partial charge < -0.3 is 10.1 Å². The number of carbonyl (C=O) groups excluding carboxylic acids is 2. The van der Waals surface area contributed by atoms with Crippen LogP contribution in [0.25, 0.3) is 0 Å². The van der Waals surface area contributed by atoms with Gasteiger partial charge in [0, 0.05) is 6.42 Å². The molecule has 0 rings (SSSR count). The zero-order valence-corrected chi connectivity index (χ0v) is 10.6. The third-order valence-electron chi connectivity index (χ3n) is 2.99. The first-order valence-corrected chi connectivity index (χ1v) is 5.85. The Balaban J connectivity index is 3.75. The highest BCUT2D eigenvalue weighted by Gasteiger charge is 2.26. The van der Waals surface area contributed by atoms with E-state index in [9.17, 15) is 9.59 Å². The third kappa shape index (κ3) is 5.81. The number of carbonyl (C=O) groups is 2. The summed E-state index contributed by atoms with van der Waals surface area (Å²) in [6.45, 7) is 3.56. The maximum atomic E-state index is 11.4. The molecule has 0 heterocycles. The van der Waals surface area contributed by atoms with Crippen LogP contribution in [0.15, 0.2) is 12.2 Å². The van der Waals surface area contributed by atoms with Crippen LogP contribution in [0.4, 0.5) is 0 Å². The molecule has 0 amide bonds. The number of aldehydes is 1. The van der Waals surface area contributed by atoms with E-state index >= 15 is 0 Å². The van der Waals surface area contributed by atoms with Gasteiger partial charge in [0.1, 0.15) is 12.1 Å². The van der Waals surface area contributed by atoms with Gasteiger partial charge in [-0.1, -0.05) is 12.2 Å². The Morgan fingerprint density at radius 2 is 1.88 bits per heavy atom. The van der Waals surface area contributed by atoms with E-state index in [4.69, 9.17) is 0 Å². The molecular weight excluding hydrogens is 202 g/mol. The molecule has 1 atom stereocenters. The summed E-state index contributed by atoms with van der Waals surface area (Å²) in [5, 5.41) is 3.07. The van der Waals surface area contributed by atoms with Gasteiger partial charge in [-0.2, -0.15) is 0 Å². The zero-order valence-electron chi connectivity index (χ0n) is 10.6. The molecule has 0 bridgehead atoms. The van der Waals surface area contributed by atoms with Crippen molar-refractivity contribution >= 4 is 12.1 Å². The van der Waals surface area contributed by atoms with Crippen molar-refractivity contribution in [3.05, 3.63) is 12.2 Å². The molecule has 92 valence electrons. The predicted octanol–water partition coefficient (Wildman–Crippen LogP) is 2.26. The standard InChI is InChI=1S/C13H23NO2/c1-12(16)13(2,14-3)10-8-6-4-5-7-9-11-15/h4-5,11,14H,6-10H2,1-3H3/b5-4-. The van der Waals surface area contributed by atoms with Gasteiger partial charge in [0.2, 0.25) is 0 Å². The molecule has 0 aromatic carbocycles. The van der Waals surface area contributed by atoms with Crippen molar-refractivity contribution in [3.8, 4) is 0 Å². The lowest BCUT2D eigenvalue weighted by Crippen LogP contribution is -2.46. The molecule has 1 N–H and O–H groups in total. The molecule has 1 unspecified atom stereocenters. The largest absolute Gasteiger partial charge is 0.308 e. The highest BCUT2D eigenvalue weighted by atomic mass is 16.1. The van der Waals surface area contributed by atoms with Gasteiger partial charge >= 0.3 is 0 Å². The van der Waals surface area contributed by atoms with Crippen molar-refractivity contribution in [1.82, 2.24) is 5.32 Å². The highest BCUT2D eigenvalue weighted by Crippen LogP contribution is 2.14. The van der Waals surface area contributed by atoms with Crippen molar-refractivity contribution < 1.29 is 9.59 Å². The summed E-state index contributed by atoms with van der Waals surface area (Å²) in [6.07, 6.45) is 9.24. The normalized spacial score (nSPS) is 14.9. The van der Waals surface area contributed by atoms with Gasteiger partial charge in [-0.05, 0) is 46.6 Å². The summed E-state index contributed by atoms with van der Waals surface area (Å²) in [7, 11) is 1.82. The van der Waals surface area contributed by atoms with Gasteiger partial charge in [-0.15, -0.1) is 0 Å². The molecule has 3 nitrogen and oxygen atoms in total. The molecule has 0 fully saturated rings. The maximum absolute atomic E-state index is 11.4. The molecular formula is C13H23NO2. The van der Waals surface area contributed by atoms with Crippen molar-refractivity contribution in [1.29, 1.82) is 0 Å². The van der Waals surface area contributed by atoms with Gasteiger partial charge in [0.05, 0.1) is 5.54 Å². The third-order valence-corrected chi connectivity index (χ3v) is 2.99. The van der Waals surface area contributed by atoms with Crippen molar-refractivity contribution in [3.63, 3.8) is 0 Å². The zero-order chi connectivity index (χ0) is 12.4. The summed E-state index contributed by atoms with van der Waals surface area (Å²) in [4.78, 5) is 21.4. The van der Waals surface area contributed by atoms with Crippen molar-refractivity contribution in [2.75, 3.05) is 7.05 Å². The Morgan fingerprint density at radius 1 is 1.25 bits per heavy atom. The predicted molar refractivity (Wildman–Crippen MR) is 66.4 cm³/mol. The van der Waals surface area contributed by atoms with E-state index < -0.39 is 5.54 Å². The molecule has 3 heteroatoms. The van der Waals surface area contributed by atoms with Crippen LogP contribution in [-0.2, 0) is 9.59 Å². The van der Waals surface area contributed by atoms with E-state index in [1.54, 1.807) is 6.92 Å². The van der Waals surface area contributed by atoms with Crippen LogP contribution >= 0.6 is 0 Å². The molecule has 0 radical (unpaired) electrons. The van der Waals surface area contributed by atoms with Gasteiger partial charge in [0.15, 0.2) is 0 Å². The van der Waals surface area contributed by atoms with Crippen molar-refractivity contribution in [2.24, 2.45) is 0 Å². The quantitative estimate of drug-likeness (QED) is 0.372. The second-order valence-corrected chi connectivity index (χ2v) is 4.25. The topological polar surface area (TPSA) is 46.2 Å². The number of allylic oxidation sites excluding steroid dienone is 2. The van der Waals surface area contributed by atoms with Crippen LogP contribution in [0.3, 0.4) is 0 Å². The SMILES string of the molecule is CNC(C)(CCC/C=C\CCC=O)C(C)=O. The second-order valence-electron chi connectivity index (χ2n) is 4.25. The number of likely N-dealkylation sites (N-methyl/N-ethyl adjacent to an activating group) is 1. The van der Waals surface area contributed by atoms with Gasteiger partial charge in [-0.3, -0.25) is 4.79 Å². The van der Waals surface area contributed by atoms with Crippen LogP contribution in [0, 0.1) is 0 Å². The maximum Gasteiger partial charge on any atom is 0.149 e. The van der Waals surface area contributed by atoms with Crippen LogP contribution in [0.1, 0.15) is 46.0 Å². The summed E-state index contributed by atoms with van der Waals surface area (Å²) in [5.74, 6) is 0.180. The minimum Gasteiger partial charge on any atom is -0.308 e. The molecule has 0 aliphatic heterocycles. The van der Waals surface area contributed by atoms with Crippen LogP contribution in [0.2, 0.25) is 0 Å². The molecule has 0 aliphatic rings. The number of nitrogens with one attached hydrogen (secondary N) is 1. The first-order valence-electron chi connectivity index (χ1n) is 5.85. The molecule has 0 spiro atoms. The van der Waals surface area contributed by atoms with Gasteiger partial charge in [-0.25, -0.2) is 0 Å². The molecule has 16 heavy (non-hydrogen) atoms. The first kappa shape index (κ1) is 15.0. The van der Waals surface area contributed by atoms with E-state index in [2.05, 4.69) is 11.4 Å². The van der Waals surface area contributed by atoms with E-state index in [0.29, 0.717) is 6.42 Å². The molecule has 0 saturated carbocycles. The number of ketones is 1. The van der Waals surface area contributed by atoms with E-state index in [1.807, 2.05) is 20.0 Å². The lowest BCUT2D eigenvalue weighted by molar-refractivity contribution is -0.122. The molecule has 0 aromatic rings. The Bertz CT molecular complexity index is 248. The number of rotatable bonds is 9. The lowest BCUT2D eigenvalue weighted by Gasteiger charge is -2.25.